The lowest BCUT2D eigenvalue weighted by atomic mass is 9.78. The molecule has 1 aliphatic carbocycles. The molecule has 94 valence electrons. The van der Waals surface area contributed by atoms with E-state index < -0.39 is 0 Å². The normalized spacial score (nSPS) is 17.1. The Morgan fingerprint density at radius 1 is 1.18 bits per heavy atom. The average molecular weight is 239 g/mol. The van der Waals surface area contributed by atoms with E-state index in [0.717, 1.165) is 12.8 Å². The molecule has 0 amide bonds. The smallest absolute Gasteiger partial charge is 0.324 e. The molecule has 0 bridgehead atoms. The van der Waals surface area contributed by atoms with Gasteiger partial charge in [-0.05, 0) is 19.3 Å². The average Bonchev–Trinajstić information content (AvgIpc) is 2.33. The van der Waals surface area contributed by atoms with E-state index in [1.54, 1.807) is 0 Å². The van der Waals surface area contributed by atoms with Gasteiger partial charge >= 0.3 is 12.0 Å². The Morgan fingerprint density at radius 3 is 2.18 bits per heavy atom. The van der Waals surface area contributed by atoms with Crippen molar-refractivity contribution in [1.82, 2.24) is 15.0 Å². The summed E-state index contributed by atoms with van der Waals surface area (Å²) in [7, 11) is 2.99. The van der Waals surface area contributed by atoms with Gasteiger partial charge in [0.15, 0.2) is 0 Å². The van der Waals surface area contributed by atoms with E-state index in [1.165, 1.54) is 20.6 Å². The fourth-order valence-corrected chi connectivity index (χ4v) is 1.66. The van der Waals surface area contributed by atoms with Crippen LogP contribution < -0.4 is 20.5 Å². The quantitative estimate of drug-likeness (QED) is 0.756. The SMILES string of the molecule is COc1nc(NCC2(N)CCC2)nc(OC)n1. The first-order valence-electron chi connectivity index (χ1n) is 5.52. The van der Waals surface area contributed by atoms with Crippen molar-refractivity contribution < 1.29 is 9.47 Å². The van der Waals surface area contributed by atoms with Gasteiger partial charge in [-0.1, -0.05) is 0 Å². The van der Waals surface area contributed by atoms with Crippen LogP contribution in [0.2, 0.25) is 0 Å². The third kappa shape index (κ3) is 2.73. The first kappa shape index (κ1) is 11.8. The van der Waals surface area contributed by atoms with Crippen molar-refractivity contribution in [1.29, 1.82) is 0 Å². The zero-order chi connectivity index (χ0) is 12.3. The maximum atomic E-state index is 6.10. The number of nitrogens with zero attached hydrogens (tertiary/aromatic N) is 3. The molecule has 1 fully saturated rings. The Hall–Kier alpha value is -1.63. The zero-order valence-electron chi connectivity index (χ0n) is 10.1. The highest BCUT2D eigenvalue weighted by molar-refractivity contribution is 5.28. The second-order valence-electron chi connectivity index (χ2n) is 4.20. The van der Waals surface area contributed by atoms with E-state index in [2.05, 4.69) is 20.3 Å². The van der Waals surface area contributed by atoms with Crippen LogP contribution in [0.1, 0.15) is 19.3 Å². The lowest BCUT2D eigenvalue weighted by Crippen LogP contribution is -2.52. The van der Waals surface area contributed by atoms with Crippen LogP contribution in [0.3, 0.4) is 0 Å². The van der Waals surface area contributed by atoms with Gasteiger partial charge in [0, 0.05) is 12.1 Å². The number of aromatic nitrogens is 3. The Balaban J connectivity index is 2.03. The van der Waals surface area contributed by atoms with Gasteiger partial charge in [0.25, 0.3) is 0 Å². The van der Waals surface area contributed by atoms with Crippen LogP contribution in [-0.2, 0) is 0 Å². The summed E-state index contributed by atoms with van der Waals surface area (Å²) >= 11 is 0. The number of methoxy groups -OCH3 is 2. The minimum atomic E-state index is -0.132. The third-order valence-electron chi connectivity index (χ3n) is 2.91. The van der Waals surface area contributed by atoms with E-state index in [4.69, 9.17) is 15.2 Å². The maximum absolute atomic E-state index is 6.10. The molecule has 0 unspecified atom stereocenters. The lowest BCUT2D eigenvalue weighted by molar-refractivity contribution is 0.264. The number of anilines is 1. The van der Waals surface area contributed by atoms with Gasteiger partial charge in [0.05, 0.1) is 14.2 Å². The molecule has 1 aromatic rings. The minimum Gasteiger partial charge on any atom is -0.467 e. The summed E-state index contributed by atoms with van der Waals surface area (Å²) in [4.78, 5) is 12.1. The van der Waals surface area contributed by atoms with Gasteiger partial charge < -0.3 is 20.5 Å². The Labute approximate surface area is 99.8 Å². The molecule has 17 heavy (non-hydrogen) atoms. The number of nitrogens with one attached hydrogen (secondary N) is 1. The molecule has 1 aromatic heterocycles. The highest BCUT2D eigenvalue weighted by atomic mass is 16.5. The number of nitrogens with two attached hydrogens (primary N) is 1. The molecular weight excluding hydrogens is 222 g/mol. The van der Waals surface area contributed by atoms with Crippen molar-refractivity contribution in [2.24, 2.45) is 5.73 Å². The van der Waals surface area contributed by atoms with E-state index >= 15 is 0 Å². The highest BCUT2D eigenvalue weighted by Crippen LogP contribution is 2.29. The van der Waals surface area contributed by atoms with Crippen molar-refractivity contribution >= 4 is 5.95 Å². The summed E-state index contributed by atoms with van der Waals surface area (Å²) in [6, 6.07) is 0.443. The van der Waals surface area contributed by atoms with Gasteiger partial charge in [-0.15, -0.1) is 4.98 Å². The van der Waals surface area contributed by atoms with Gasteiger partial charge in [-0.2, -0.15) is 9.97 Å². The maximum Gasteiger partial charge on any atom is 0.324 e. The Kier molecular flexibility index (Phi) is 3.28. The third-order valence-corrected chi connectivity index (χ3v) is 2.91. The summed E-state index contributed by atoms with van der Waals surface area (Å²) in [5.41, 5.74) is 5.96. The van der Waals surface area contributed by atoms with Crippen LogP contribution in [-0.4, -0.2) is 41.3 Å². The van der Waals surface area contributed by atoms with Crippen LogP contribution >= 0.6 is 0 Å². The van der Waals surface area contributed by atoms with Crippen molar-refractivity contribution in [3.05, 3.63) is 0 Å². The molecule has 0 saturated heterocycles. The highest BCUT2D eigenvalue weighted by Gasteiger charge is 2.32. The van der Waals surface area contributed by atoms with Crippen LogP contribution in [0.15, 0.2) is 0 Å². The summed E-state index contributed by atoms with van der Waals surface area (Å²) in [6.45, 7) is 0.642. The van der Waals surface area contributed by atoms with E-state index in [0.29, 0.717) is 12.5 Å². The molecule has 3 N–H and O–H groups in total. The van der Waals surface area contributed by atoms with Gasteiger partial charge in [0.1, 0.15) is 0 Å². The van der Waals surface area contributed by atoms with Crippen LogP contribution in [0.25, 0.3) is 0 Å². The first-order chi connectivity index (χ1) is 8.15. The molecule has 2 rings (SSSR count). The summed E-state index contributed by atoms with van der Waals surface area (Å²) in [5.74, 6) is 0.422. The van der Waals surface area contributed by atoms with Gasteiger partial charge in [0.2, 0.25) is 5.95 Å². The summed E-state index contributed by atoms with van der Waals surface area (Å²) in [5, 5.41) is 3.09. The molecule has 1 aliphatic rings. The number of ether oxygens (including phenoxy) is 2. The zero-order valence-corrected chi connectivity index (χ0v) is 10.1. The molecule has 0 aromatic carbocycles. The molecule has 1 saturated carbocycles. The Bertz CT molecular complexity index is 372. The predicted molar refractivity (Wildman–Crippen MR) is 62.2 cm³/mol. The topological polar surface area (TPSA) is 95.2 Å². The molecule has 0 aliphatic heterocycles. The summed E-state index contributed by atoms with van der Waals surface area (Å²) < 4.78 is 9.91. The van der Waals surface area contributed by atoms with E-state index in [9.17, 15) is 0 Å². The van der Waals surface area contributed by atoms with Crippen LogP contribution in [0.4, 0.5) is 5.95 Å². The largest absolute Gasteiger partial charge is 0.467 e. The molecule has 1 heterocycles. The molecule has 0 atom stereocenters. The second-order valence-corrected chi connectivity index (χ2v) is 4.20. The number of hydrogen-bond donors (Lipinski definition) is 2. The standard InChI is InChI=1S/C10H17N5O2/c1-16-8-13-7(14-9(15-8)17-2)12-6-10(11)4-3-5-10/h3-6,11H2,1-2H3,(H,12,13,14,15). The molecule has 7 heteroatoms. The van der Waals surface area contributed by atoms with Crippen LogP contribution in [0.5, 0.6) is 12.0 Å². The number of hydrogen-bond acceptors (Lipinski definition) is 7. The van der Waals surface area contributed by atoms with Crippen LogP contribution in [0, 0.1) is 0 Å². The van der Waals surface area contributed by atoms with E-state index in [1.807, 2.05) is 0 Å². The lowest BCUT2D eigenvalue weighted by Gasteiger charge is -2.38. The van der Waals surface area contributed by atoms with Gasteiger partial charge in [-0.3, -0.25) is 0 Å². The molecule has 7 nitrogen and oxygen atoms in total. The fourth-order valence-electron chi connectivity index (χ4n) is 1.66. The van der Waals surface area contributed by atoms with Crippen molar-refractivity contribution in [3.8, 4) is 12.0 Å². The Morgan fingerprint density at radius 2 is 1.76 bits per heavy atom. The molecule has 0 radical (unpaired) electrons. The van der Waals surface area contributed by atoms with Crippen molar-refractivity contribution in [3.63, 3.8) is 0 Å². The van der Waals surface area contributed by atoms with E-state index in [-0.39, 0.29) is 17.6 Å². The van der Waals surface area contributed by atoms with Gasteiger partial charge in [-0.25, -0.2) is 0 Å². The predicted octanol–water partition coefficient (Wildman–Crippen LogP) is 0.182. The first-order valence-corrected chi connectivity index (χ1v) is 5.52. The van der Waals surface area contributed by atoms with Crippen molar-refractivity contribution in [2.75, 3.05) is 26.1 Å². The molecule has 0 spiro atoms. The van der Waals surface area contributed by atoms with Crippen molar-refractivity contribution in [2.45, 2.75) is 24.8 Å². The molecular formula is C10H17N5O2. The monoisotopic (exact) mass is 239 g/mol. The summed E-state index contributed by atoms with van der Waals surface area (Å²) in [6.07, 6.45) is 3.24. The minimum absolute atomic E-state index is 0.132. The number of rotatable bonds is 5. The fraction of sp³-hybridized carbons (Fsp3) is 0.700. The second kappa shape index (κ2) is 4.70.